The number of nitrogens with zero attached hydrogens (tertiary/aromatic N) is 2. The first kappa shape index (κ1) is 26.0. The van der Waals surface area contributed by atoms with Crippen LogP contribution in [-0.4, -0.2) is 4.57 Å². The summed E-state index contributed by atoms with van der Waals surface area (Å²) in [5.41, 5.74) is 11.5. The molecule has 0 saturated carbocycles. The summed E-state index contributed by atoms with van der Waals surface area (Å²) in [6.45, 7) is 2.13. The third-order valence-corrected chi connectivity index (χ3v) is 9.44. The van der Waals surface area contributed by atoms with E-state index in [0.717, 1.165) is 72.1 Å². The molecule has 0 atom stereocenters. The summed E-state index contributed by atoms with van der Waals surface area (Å²) in [5.74, 6) is 0. The summed E-state index contributed by atoms with van der Waals surface area (Å²) >= 11 is 0. The molecule has 0 aliphatic heterocycles. The number of aryl methyl sites for hydroxylation is 1. The maximum atomic E-state index is 6.19. The highest BCUT2D eigenvalue weighted by atomic mass is 16.3. The van der Waals surface area contributed by atoms with Gasteiger partial charge in [-0.05, 0) is 85.8 Å². The number of hydrogen-bond acceptors (Lipinski definition) is 3. The van der Waals surface area contributed by atoms with Crippen molar-refractivity contribution in [1.29, 1.82) is 0 Å². The van der Waals surface area contributed by atoms with E-state index in [1.165, 1.54) is 21.9 Å². The summed E-state index contributed by atoms with van der Waals surface area (Å²) in [6, 6.07) is 53.8. The molecule has 0 N–H and O–H groups in total. The first-order valence-corrected chi connectivity index (χ1v) is 15.9. The van der Waals surface area contributed by atoms with Gasteiger partial charge in [-0.2, -0.15) is 0 Å². The Labute approximate surface area is 270 Å². The summed E-state index contributed by atoms with van der Waals surface area (Å²) in [6.07, 6.45) is 0. The fourth-order valence-electron chi connectivity index (χ4n) is 7.22. The standard InChI is InChI=1S/C43H28N2O2/c1-27-14-16-28(17-15-27)44(29-19-22-42-36(24-29)34-9-3-6-12-40(34)46-42)31-18-21-33-32-8-2-5-11-38(32)45(39(33)26-31)30-20-23-43-37(25-30)35-10-4-7-13-41(35)47-43/h2-26H,1H3. The quantitative estimate of drug-likeness (QED) is 0.200. The van der Waals surface area contributed by atoms with Crippen LogP contribution in [0.4, 0.5) is 17.1 Å². The smallest absolute Gasteiger partial charge is 0.135 e. The Morgan fingerprint density at radius 2 is 0.936 bits per heavy atom. The molecule has 0 saturated heterocycles. The van der Waals surface area contributed by atoms with Crippen LogP contribution >= 0.6 is 0 Å². The van der Waals surface area contributed by atoms with Gasteiger partial charge in [-0.15, -0.1) is 0 Å². The lowest BCUT2D eigenvalue weighted by Crippen LogP contribution is -2.10. The van der Waals surface area contributed by atoms with Crippen LogP contribution in [0.3, 0.4) is 0 Å². The Balaban J connectivity index is 1.23. The molecular weight excluding hydrogens is 576 g/mol. The number of fused-ring (bicyclic) bond motifs is 9. The topological polar surface area (TPSA) is 34.5 Å². The number of para-hydroxylation sites is 3. The van der Waals surface area contributed by atoms with Crippen LogP contribution < -0.4 is 4.90 Å². The summed E-state index contributed by atoms with van der Waals surface area (Å²) in [5, 5.41) is 6.89. The fourth-order valence-corrected chi connectivity index (χ4v) is 7.22. The third-order valence-electron chi connectivity index (χ3n) is 9.44. The maximum Gasteiger partial charge on any atom is 0.135 e. The number of hydrogen-bond donors (Lipinski definition) is 0. The van der Waals surface area contributed by atoms with Gasteiger partial charge in [0, 0.05) is 55.1 Å². The lowest BCUT2D eigenvalue weighted by atomic mass is 10.1. The van der Waals surface area contributed by atoms with Crippen molar-refractivity contribution < 1.29 is 8.83 Å². The molecule has 0 bridgehead atoms. The second-order valence-electron chi connectivity index (χ2n) is 12.3. The van der Waals surface area contributed by atoms with Crippen LogP contribution in [0.1, 0.15) is 5.56 Å². The molecule has 0 spiro atoms. The molecule has 0 aliphatic carbocycles. The Bertz CT molecular complexity index is 2820. The Hall–Kier alpha value is -6.26. The van der Waals surface area contributed by atoms with Gasteiger partial charge in [0.25, 0.3) is 0 Å². The van der Waals surface area contributed by atoms with Gasteiger partial charge in [-0.1, -0.05) is 78.4 Å². The van der Waals surface area contributed by atoms with E-state index >= 15 is 0 Å². The van der Waals surface area contributed by atoms with Gasteiger partial charge in [-0.3, -0.25) is 0 Å². The van der Waals surface area contributed by atoms with Gasteiger partial charge >= 0.3 is 0 Å². The van der Waals surface area contributed by atoms with Crippen molar-refractivity contribution in [3.63, 3.8) is 0 Å². The van der Waals surface area contributed by atoms with E-state index in [2.05, 4.69) is 144 Å². The Morgan fingerprint density at radius 1 is 0.404 bits per heavy atom. The molecule has 0 unspecified atom stereocenters. The molecule has 0 fully saturated rings. The minimum atomic E-state index is 0.886. The molecule has 0 amide bonds. The van der Waals surface area contributed by atoms with E-state index in [1.54, 1.807) is 0 Å². The molecule has 0 radical (unpaired) electrons. The van der Waals surface area contributed by atoms with Gasteiger partial charge < -0.3 is 18.3 Å². The van der Waals surface area contributed by atoms with Crippen molar-refractivity contribution in [2.24, 2.45) is 0 Å². The second kappa shape index (κ2) is 9.87. The van der Waals surface area contributed by atoms with Gasteiger partial charge in [-0.25, -0.2) is 0 Å². The molecule has 10 aromatic rings. The molecule has 4 heteroatoms. The molecule has 3 aromatic heterocycles. The van der Waals surface area contributed by atoms with Crippen LogP contribution in [0.25, 0.3) is 71.4 Å². The van der Waals surface area contributed by atoms with Gasteiger partial charge in [0.1, 0.15) is 22.3 Å². The minimum Gasteiger partial charge on any atom is -0.456 e. The molecule has 10 rings (SSSR count). The zero-order chi connectivity index (χ0) is 31.1. The van der Waals surface area contributed by atoms with E-state index in [0.29, 0.717) is 0 Å². The van der Waals surface area contributed by atoms with Crippen molar-refractivity contribution in [3.05, 3.63) is 157 Å². The molecule has 0 aliphatic rings. The first-order valence-electron chi connectivity index (χ1n) is 15.9. The van der Waals surface area contributed by atoms with E-state index in [4.69, 9.17) is 8.83 Å². The zero-order valence-electron chi connectivity index (χ0n) is 25.6. The van der Waals surface area contributed by atoms with Crippen LogP contribution in [-0.2, 0) is 0 Å². The normalized spacial score (nSPS) is 11.9. The third kappa shape index (κ3) is 3.95. The molecule has 222 valence electrons. The van der Waals surface area contributed by atoms with Crippen molar-refractivity contribution in [3.8, 4) is 5.69 Å². The van der Waals surface area contributed by atoms with Gasteiger partial charge in [0.05, 0.1) is 11.0 Å². The highest BCUT2D eigenvalue weighted by Gasteiger charge is 2.19. The highest BCUT2D eigenvalue weighted by molar-refractivity contribution is 6.12. The van der Waals surface area contributed by atoms with Crippen LogP contribution in [0.15, 0.2) is 160 Å². The largest absolute Gasteiger partial charge is 0.456 e. The van der Waals surface area contributed by atoms with Crippen LogP contribution in [0, 0.1) is 6.92 Å². The van der Waals surface area contributed by atoms with Crippen molar-refractivity contribution >= 4 is 82.7 Å². The minimum absolute atomic E-state index is 0.886. The van der Waals surface area contributed by atoms with Crippen molar-refractivity contribution in [1.82, 2.24) is 4.57 Å². The van der Waals surface area contributed by atoms with Crippen LogP contribution in [0.2, 0.25) is 0 Å². The number of rotatable bonds is 4. The number of furan rings is 2. The summed E-state index contributed by atoms with van der Waals surface area (Å²) < 4.78 is 14.8. The SMILES string of the molecule is Cc1ccc(N(c2ccc3oc4ccccc4c3c2)c2ccc3c4ccccc4n(-c4ccc5oc6ccccc6c5c4)c3c2)cc1. The van der Waals surface area contributed by atoms with Gasteiger partial charge in [0.2, 0.25) is 0 Å². The summed E-state index contributed by atoms with van der Waals surface area (Å²) in [4.78, 5) is 2.34. The average molecular weight is 605 g/mol. The van der Waals surface area contributed by atoms with E-state index < -0.39 is 0 Å². The van der Waals surface area contributed by atoms with Crippen molar-refractivity contribution in [2.45, 2.75) is 6.92 Å². The van der Waals surface area contributed by atoms with E-state index in [-0.39, 0.29) is 0 Å². The van der Waals surface area contributed by atoms with Crippen LogP contribution in [0.5, 0.6) is 0 Å². The number of aromatic nitrogens is 1. The fraction of sp³-hybridized carbons (Fsp3) is 0.0233. The first-order chi connectivity index (χ1) is 23.2. The van der Waals surface area contributed by atoms with E-state index in [1.807, 2.05) is 24.3 Å². The molecule has 7 aromatic carbocycles. The monoisotopic (exact) mass is 604 g/mol. The molecular formula is C43H28N2O2. The number of anilines is 3. The predicted molar refractivity (Wildman–Crippen MR) is 195 cm³/mol. The lowest BCUT2D eigenvalue weighted by molar-refractivity contribution is 0.668. The average Bonchev–Trinajstić information content (AvgIpc) is 3.78. The number of benzene rings is 7. The molecule has 47 heavy (non-hydrogen) atoms. The molecule has 4 nitrogen and oxygen atoms in total. The zero-order valence-corrected chi connectivity index (χ0v) is 25.6. The second-order valence-corrected chi connectivity index (χ2v) is 12.3. The molecule has 3 heterocycles. The van der Waals surface area contributed by atoms with Crippen molar-refractivity contribution in [2.75, 3.05) is 4.90 Å². The van der Waals surface area contributed by atoms with Gasteiger partial charge in [0.15, 0.2) is 0 Å². The van der Waals surface area contributed by atoms with E-state index in [9.17, 15) is 0 Å². The predicted octanol–water partition coefficient (Wildman–Crippen LogP) is 12.4. The lowest BCUT2D eigenvalue weighted by Gasteiger charge is -2.26. The Kier molecular flexibility index (Phi) is 5.46. The highest BCUT2D eigenvalue weighted by Crippen LogP contribution is 2.42. The Morgan fingerprint density at radius 3 is 1.68 bits per heavy atom. The maximum absolute atomic E-state index is 6.19. The summed E-state index contributed by atoms with van der Waals surface area (Å²) in [7, 11) is 0.